The normalized spacial score (nSPS) is 22.4. The van der Waals surface area contributed by atoms with E-state index < -0.39 is 5.79 Å². The second kappa shape index (κ2) is 9.02. The third kappa shape index (κ3) is 4.14. The predicted molar refractivity (Wildman–Crippen MR) is 144 cm³/mol. The van der Waals surface area contributed by atoms with Crippen molar-refractivity contribution in [1.82, 2.24) is 0 Å². The van der Waals surface area contributed by atoms with Crippen molar-refractivity contribution in [1.29, 1.82) is 0 Å². The first-order valence-electron chi connectivity index (χ1n) is 11.8. The summed E-state index contributed by atoms with van der Waals surface area (Å²) in [6, 6.07) is 35.4. The molecule has 1 saturated heterocycles. The van der Waals surface area contributed by atoms with E-state index in [9.17, 15) is 0 Å². The Balaban J connectivity index is 1.40. The molecule has 5 heteroatoms. The summed E-state index contributed by atoms with van der Waals surface area (Å²) in [6.45, 7) is 0.556. The highest BCUT2D eigenvalue weighted by Gasteiger charge is 2.55. The Bertz CT molecular complexity index is 1310. The fourth-order valence-electron chi connectivity index (χ4n) is 5.51. The molecule has 1 fully saturated rings. The molecule has 2 aliphatic rings. The predicted octanol–water partition coefficient (Wildman–Crippen LogP) is 8.14. The van der Waals surface area contributed by atoms with Gasteiger partial charge in [-0.15, -0.1) is 0 Å². The van der Waals surface area contributed by atoms with Crippen LogP contribution in [0, 0.1) is 0 Å². The second-order valence-corrected chi connectivity index (χ2v) is 10.6. The van der Waals surface area contributed by atoms with Crippen LogP contribution in [0.2, 0.25) is 5.02 Å². The minimum absolute atomic E-state index is 0.0137. The fraction of sp³-hybridized carbons (Fsp3) is 0.200. The van der Waals surface area contributed by atoms with Gasteiger partial charge in [-0.05, 0) is 51.3 Å². The van der Waals surface area contributed by atoms with Crippen LogP contribution in [0.3, 0.4) is 0 Å². The van der Waals surface area contributed by atoms with E-state index in [1.807, 2.05) is 30.3 Å². The highest BCUT2D eigenvalue weighted by Crippen LogP contribution is 2.53. The van der Waals surface area contributed by atoms with E-state index in [4.69, 9.17) is 21.1 Å². The summed E-state index contributed by atoms with van der Waals surface area (Å²) in [7, 11) is 0. The summed E-state index contributed by atoms with van der Waals surface area (Å²) < 4.78 is 14.3. The second-order valence-electron chi connectivity index (χ2n) is 9.36. The largest absolute Gasteiger partial charge is 0.462 e. The van der Waals surface area contributed by atoms with Crippen molar-refractivity contribution in [2.45, 2.75) is 30.1 Å². The number of fused-ring (bicyclic) bond motifs is 1. The Labute approximate surface area is 219 Å². The van der Waals surface area contributed by atoms with Crippen LogP contribution < -0.4 is 10.1 Å². The molecule has 0 bridgehead atoms. The highest BCUT2D eigenvalue weighted by atomic mass is 79.9. The minimum Gasteiger partial charge on any atom is -0.462 e. The molecule has 176 valence electrons. The third-order valence-corrected chi connectivity index (χ3v) is 8.06. The Hall–Kier alpha value is -2.79. The van der Waals surface area contributed by atoms with Gasteiger partial charge in [0.25, 0.3) is 0 Å². The summed E-state index contributed by atoms with van der Waals surface area (Å²) >= 11 is 9.85. The Morgan fingerprint density at radius 1 is 0.829 bits per heavy atom. The van der Waals surface area contributed by atoms with E-state index in [1.54, 1.807) is 0 Å². The van der Waals surface area contributed by atoms with Gasteiger partial charge in [-0.3, -0.25) is 0 Å². The highest BCUT2D eigenvalue weighted by molar-refractivity contribution is 9.10. The summed E-state index contributed by atoms with van der Waals surface area (Å²) in [5, 5.41) is 4.42. The minimum atomic E-state index is -0.753. The molecule has 0 aliphatic carbocycles. The molecule has 0 amide bonds. The van der Waals surface area contributed by atoms with Gasteiger partial charge in [-0.2, -0.15) is 0 Å². The molecule has 0 aromatic heterocycles. The number of nitrogens with one attached hydrogen (secondary N) is 1. The van der Waals surface area contributed by atoms with Gasteiger partial charge in [0.2, 0.25) is 5.79 Å². The van der Waals surface area contributed by atoms with E-state index >= 15 is 0 Å². The first-order valence-corrected chi connectivity index (χ1v) is 13.0. The maximum atomic E-state index is 6.70. The molecule has 0 radical (unpaired) electrons. The lowest BCUT2D eigenvalue weighted by atomic mass is 9.71. The Kier molecular flexibility index (Phi) is 5.84. The number of ether oxygens (including phenoxy) is 2. The van der Waals surface area contributed by atoms with E-state index in [0.717, 1.165) is 27.9 Å². The maximum Gasteiger partial charge on any atom is 0.214 e. The van der Waals surface area contributed by atoms with Crippen molar-refractivity contribution < 1.29 is 9.47 Å². The quantitative estimate of drug-likeness (QED) is 0.280. The van der Waals surface area contributed by atoms with Gasteiger partial charge in [-0.1, -0.05) is 90.5 Å². The van der Waals surface area contributed by atoms with E-state index in [1.165, 1.54) is 11.1 Å². The van der Waals surface area contributed by atoms with Crippen LogP contribution in [0.1, 0.15) is 35.6 Å². The van der Waals surface area contributed by atoms with Gasteiger partial charge in [0, 0.05) is 39.0 Å². The van der Waals surface area contributed by atoms with Crippen LogP contribution in [-0.2, 0) is 10.2 Å². The van der Waals surface area contributed by atoms with Gasteiger partial charge in [-0.25, -0.2) is 0 Å². The first-order chi connectivity index (χ1) is 17.1. The van der Waals surface area contributed by atoms with Crippen molar-refractivity contribution in [2.75, 3.05) is 11.9 Å². The molecule has 1 spiro atoms. The number of hydrogen-bond acceptors (Lipinski definition) is 3. The number of hydrogen-bond donors (Lipinski definition) is 1. The Morgan fingerprint density at radius 2 is 1.49 bits per heavy atom. The molecule has 2 atom stereocenters. The van der Waals surface area contributed by atoms with Crippen molar-refractivity contribution in [2.24, 2.45) is 0 Å². The molecule has 2 heterocycles. The fourth-order valence-corrected chi connectivity index (χ4v) is 6.31. The molecule has 0 saturated carbocycles. The molecule has 3 nitrogen and oxygen atoms in total. The topological polar surface area (TPSA) is 30.5 Å². The van der Waals surface area contributed by atoms with Crippen LogP contribution >= 0.6 is 27.5 Å². The number of anilines is 1. The molecular formula is C30H25BrClNO2. The van der Waals surface area contributed by atoms with Crippen molar-refractivity contribution in [3.05, 3.63) is 129 Å². The summed E-state index contributed by atoms with van der Waals surface area (Å²) in [4.78, 5) is 0. The summed E-state index contributed by atoms with van der Waals surface area (Å²) in [6.07, 6.45) is 1.41. The van der Waals surface area contributed by atoms with E-state index in [-0.39, 0.29) is 11.5 Å². The summed E-state index contributed by atoms with van der Waals surface area (Å²) in [5.74, 6) is 0.106. The zero-order chi connectivity index (χ0) is 23.9. The van der Waals surface area contributed by atoms with Gasteiger partial charge < -0.3 is 14.8 Å². The number of benzene rings is 4. The molecule has 6 rings (SSSR count). The lowest BCUT2D eigenvalue weighted by Crippen LogP contribution is -2.43. The van der Waals surface area contributed by atoms with E-state index in [0.29, 0.717) is 18.1 Å². The average Bonchev–Trinajstić information content (AvgIpc) is 3.26. The van der Waals surface area contributed by atoms with Gasteiger partial charge in [0.15, 0.2) is 0 Å². The van der Waals surface area contributed by atoms with Crippen LogP contribution in [0.25, 0.3) is 0 Å². The molecule has 4 aromatic rings. The number of rotatable bonds is 4. The zero-order valence-electron chi connectivity index (χ0n) is 19.1. The lowest BCUT2D eigenvalue weighted by Gasteiger charge is -2.40. The SMILES string of the molecule is Clc1ccc(NC2CC3(CC(c4ccccc4)(c4ccccc4)CO3)Oc3ccccc32)c(Br)c1. The van der Waals surface area contributed by atoms with Crippen LogP contribution in [0.15, 0.2) is 108 Å². The molecule has 35 heavy (non-hydrogen) atoms. The molecule has 4 aromatic carbocycles. The van der Waals surface area contributed by atoms with Crippen molar-refractivity contribution in [3.8, 4) is 5.75 Å². The van der Waals surface area contributed by atoms with Gasteiger partial charge in [0.05, 0.1) is 12.6 Å². The standard InChI is InChI=1S/C30H25BrClNO2/c31-25-17-23(32)15-16-26(25)33-27-18-30(35-28-14-8-7-13-24(27)28)19-29(20-34-30,21-9-3-1-4-10-21)22-11-5-2-6-12-22/h1-17,27,33H,18-20H2. The third-order valence-electron chi connectivity index (χ3n) is 7.17. The monoisotopic (exact) mass is 545 g/mol. The van der Waals surface area contributed by atoms with Crippen molar-refractivity contribution in [3.63, 3.8) is 0 Å². The average molecular weight is 547 g/mol. The van der Waals surface area contributed by atoms with Gasteiger partial charge in [0.1, 0.15) is 5.75 Å². The lowest BCUT2D eigenvalue weighted by molar-refractivity contribution is -0.164. The number of para-hydroxylation sites is 1. The molecular weight excluding hydrogens is 522 g/mol. The first kappa shape index (κ1) is 22.7. The van der Waals surface area contributed by atoms with E-state index in [2.05, 4.69) is 94.0 Å². The maximum absolute atomic E-state index is 6.70. The summed E-state index contributed by atoms with van der Waals surface area (Å²) in [5.41, 5.74) is 4.31. The molecule has 2 aliphatic heterocycles. The number of halogens is 2. The smallest absolute Gasteiger partial charge is 0.214 e. The van der Waals surface area contributed by atoms with Crippen LogP contribution in [0.5, 0.6) is 5.75 Å². The van der Waals surface area contributed by atoms with Crippen molar-refractivity contribution >= 4 is 33.2 Å². The van der Waals surface area contributed by atoms with Crippen LogP contribution in [0.4, 0.5) is 5.69 Å². The van der Waals surface area contributed by atoms with Gasteiger partial charge >= 0.3 is 0 Å². The van der Waals surface area contributed by atoms with Crippen LogP contribution in [-0.4, -0.2) is 12.4 Å². The zero-order valence-corrected chi connectivity index (χ0v) is 21.4. The Morgan fingerprint density at radius 3 is 2.17 bits per heavy atom. The molecule has 1 N–H and O–H groups in total. The molecule has 2 unspecified atom stereocenters.